The Morgan fingerprint density at radius 3 is 1.88 bits per heavy atom. The summed E-state index contributed by atoms with van der Waals surface area (Å²) >= 11 is 2.57. The molecule has 0 aromatic rings. The van der Waals surface area contributed by atoms with E-state index in [0.717, 1.165) is 23.7 Å². The summed E-state index contributed by atoms with van der Waals surface area (Å²) in [6.07, 6.45) is 14.1. The van der Waals surface area contributed by atoms with Crippen molar-refractivity contribution >= 4 is 22.6 Å². The van der Waals surface area contributed by atoms with E-state index in [4.69, 9.17) is 0 Å². The quantitative estimate of drug-likeness (QED) is 0.354. The lowest BCUT2D eigenvalue weighted by Gasteiger charge is -2.38. The molecule has 2 aliphatic rings. The maximum absolute atomic E-state index is 3.95. The van der Waals surface area contributed by atoms with Crippen molar-refractivity contribution in [2.24, 2.45) is 23.7 Å². The molecule has 0 bridgehead atoms. The maximum Gasteiger partial charge on any atom is 0.0315 e. The predicted octanol–water partition coefficient (Wildman–Crippen LogP) is 5.61. The molecule has 2 aliphatic carbocycles. The fourth-order valence-electron chi connectivity index (χ4n) is 3.88. The smallest absolute Gasteiger partial charge is 0.0315 e. The minimum Gasteiger partial charge on any atom is -0.102 e. The van der Waals surface area contributed by atoms with E-state index in [-0.39, 0.29) is 0 Å². The molecule has 1 heteroatoms. The Labute approximate surface area is 121 Å². The number of hydrogen-bond acceptors (Lipinski definition) is 0. The molecule has 2 fully saturated rings. The van der Waals surface area contributed by atoms with Crippen molar-refractivity contribution in [3.63, 3.8) is 0 Å². The van der Waals surface area contributed by atoms with Crippen molar-refractivity contribution in [1.29, 1.82) is 0 Å². The number of alkyl halides is 1. The zero-order chi connectivity index (χ0) is 12.3. The highest BCUT2D eigenvalue weighted by Gasteiger charge is 2.31. The highest BCUT2D eigenvalue weighted by Crippen LogP contribution is 2.42. The maximum atomic E-state index is 3.95. The van der Waals surface area contributed by atoms with Gasteiger partial charge in [-0.25, -0.2) is 0 Å². The molecule has 0 nitrogen and oxygen atoms in total. The van der Waals surface area contributed by atoms with E-state index in [1.807, 2.05) is 0 Å². The molecule has 0 N–H and O–H groups in total. The standard InChI is InChI=1S/C16H27I/c1-3-16(17)15-10-8-14(9-11-15)13-6-4-12(2)5-7-13/h3,12-16H,1,4-11H2,2H3. The largest absolute Gasteiger partial charge is 0.102 e. The Morgan fingerprint density at radius 1 is 0.941 bits per heavy atom. The number of halogens is 1. The van der Waals surface area contributed by atoms with Crippen molar-refractivity contribution in [3.05, 3.63) is 12.7 Å². The summed E-state index contributed by atoms with van der Waals surface area (Å²) in [5, 5.41) is 0. The van der Waals surface area contributed by atoms with Crippen LogP contribution in [0.3, 0.4) is 0 Å². The van der Waals surface area contributed by atoms with Crippen molar-refractivity contribution < 1.29 is 0 Å². The Bertz CT molecular complexity index is 232. The van der Waals surface area contributed by atoms with Gasteiger partial charge < -0.3 is 0 Å². The zero-order valence-corrected chi connectivity index (χ0v) is 13.4. The van der Waals surface area contributed by atoms with Crippen LogP contribution in [0.5, 0.6) is 0 Å². The third-order valence-corrected chi connectivity index (χ3v) is 6.74. The first-order valence-corrected chi connectivity index (χ1v) is 8.72. The van der Waals surface area contributed by atoms with Gasteiger partial charge in [-0.3, -0.25) is 0 Å². The molecule has 0 saturated heterocycles. The van der Waals surface area contributed by atoms with E-state index in [2.05, 4.69) is 42.2 Å². The molecule has 0 radical (unpaired) electrons. The summed E-state index contributed by atoms with van der Waals surface area (Å²) in [6.45, 7) is 6.37. The molecule has 0 aliphatic heterocycles. The molecule has 17 heavy (non-hydrogen) atoms. The zero-order valence-electron chi connectivity index (χ0n) is 11.2. The van der Waals surface area contributed by atoms with Crippen LogP contribution >= 0.6 is 22.6 Å². The van der Waals surface area contributed by atoms with Crippen LogP contribution in [-0.4, -0.2) is 3.92 Å². The normalized spacial score (nSPS) is 40.8. The van der Waals surface area contributed by atoms with Crippen molar-refractivity contribution in [1.82, 2.24) is 0 Å². The van der Waals surface area contributed by atoms with Crippen LogP contribution in [-0.2, 0) is 0 Å². The van der Waals surface area contributed by atoms with Crippen LogP contribution < -0.4 is 0 Å². The summed E-state index contributed by atoms with van der Waals surface area (Å²) in [5.74, 6) is 4.06. The Morgan fingerprint density at radius 2 is 1.41 bits per heavy atom. The Hall–Kier alpha value is 0.470. The molecule has 98 valence electrons. The minimum atomic E-state index is 0.708. The van der Waals surface area contributed by atoms with E-state index in [9.17, 15) is 0 Å². The summed E-state index contributed by atoms with van der Waals surface area (Å²) in [5.41, 5.74) is 0. The van der Waals surface area contributed by atoms with Gasteiger partial charge in [-0.15, -0.1) is 6.58 Å². The minimum absolute atomic E-state index is 0.708. The molecule has 0 spiro atoms. The first-order valence-electron chi connectivity index (χ1n) is 7.47. The lowest BCUT2D eigenvalue weighted by molar-refractivity contribution is 0.153. The SMILES string of the molecule is C=CC(I)C1CCC(C2CCC(C)CC2)CC1. The molecule has 2 rings (SSSR count). The fourth-order valence-corrected chi connectivity index (χ4v) is 4.60. The number of hydrogen-bond donors (Lipinski definition) is 0. The van der Waals surface area contributed by atoms with Gasteiger partial charge >= 0.3 is 0 Å². The van der Waals surface area contributed by atoms with Crippen LogP contribution in [0.15, 0.2) is 12.7 Å². The van der Waals surface area contributed by atoms with Gasteiger partial charge in [-0.2, -0.15) is 0 Å². The van der Waals surface area contributed by atoms with Gasteiger partial charge in [0, 0.05) is 3.92 Å². The van der Waals surface area contributed by atoms with Crippen molar-refractivity contribution in [2.75, 3.05) is 0 Å². The average molecular weight is 346 g/mol. The number of rotatable bonds is 3. The topological polar surface area (TPSA) is 0 Å². The van der Waals surface area contributed by atoms with E-state index in [1.165, 1.54) is 51.4 Å². The number of allylic oxidation sites excluding steroid dienone is 1. The Balaban J connectivity index is 1.77. The van der Waals surface area contributed by atoms with Crippen LogP contribution in [0.2, 0.25) is 0 Å². The van der Waals surface area contributed by atoms with Crippen LogP contribution in [0.25, 0.3) is 0 Å². The second kappa shape index (κ2) is 6.58. The third kappa shape index (κ3) is 3.71. The molecular weight excluding hydrogens is 319 g/mol. The van der Waals surface area contributed by atoms with Crippen molar-refractivity contribution in [2.45, 2.75) is 62.2 Å². The third-order valence-electron chi connectivity index (χ3n) is 5.22. The van der Waals surface area contributed by atoms with Gasteiger partial charge in [0.1, 0.15) is 0 Å². The summed E-state index contributed by atoms with van der Waals surface area (Å²) in [4.78, 5) is 0. The first-order chi connectivity index (χ1) is 8.20. The van der Waals surface area contributed by atoms with Gasteiger partial charge in [0.05, 0.1) is 0 Å². The van der Waals surface area contributed by atoms with Gasteiger partial charge in [0.15, 0.2) is 0 Å². The highest BCUT2D eigenvalue weighted by atomic mass is 127. The molecule has 1 atom stereocenters. The molecule has 0 aromatic carbocycles. The summed E-state index contributed by atoms with van der Waals surface area (Å²) < 4.78 is 0.708. The van der Waals surface area contributed by atoms with Gasteiger partial charge in [-0.05, 0) is 62.2 Å². The van der Waals surface area contributed by atoms with Gasteiger partial charge in [0.25, 0.3) is 0 Å². The monoisotopic (exact) mass is 346 g/mol. The van der Waals surface area contributed by atoms with Gasteiger partial charge in [0.2, 0.25) is 0 Å². The molecule has 2 saturated carbocycles. The highest BCUT2D eigenvalue weighted by molar-refractivity contribution is 14.1. The van der Waals surface area contributed by atoms with Crippen LogP contribution in [0.4, 0.5) is 0 Å². The second-order valence-electron chi connectivity index (χ2n) is 6.37. The van der Waals surface area contributed by atoms with Crippen LogP contribution in [0, 0.1) is 23.7 Å². The summed E-state index contributed by atoms with van der Waals surface area (Å²) in [7, 11) is 0. The first kappa shape index (κ1) is 13.9. The Kier molecular flexibility index (Phi) is 5.38. The van der Waals surface area contributed by atoms with E-state index < -0.39 is 0 Å². The lowest BCUT2D eigenvalue weighted by Crippen LogP contribution is -2.27. The lowest BCUT2D eigenvalue weighted by atomic mass is 9.69. The fraction of sp³-hybridized carbons (Fsp3) is 0.875. The van der Waals surface area contributed by atoms with E-state index in [1.54, 1.807) is 0 Å². The second-order valence-corrected chi connectivity index (χ2v) is 7.81. The van der Waals surface area contributed by atoms with E-state index >= 15 is 0 Å². The van der Waals surface area contributed by atoms with Crippen molar-refractivity contribution in [3.8, 4) is 0 Å². The summed E-state index contributed by atoms with van der Waals surface area (Å²) in [6, 6.07) is 0. The molecule has 0 amide bonds. The molecule has 0 aromatic heterocycles. The van der Waals surface area contributed by atoms with E-state index in [0.29, 0.717) is 3.92 Å². The molecular formula is C16H27I. The molecule has 1 unspecified atom stereocenters. The average Bonchev–Trinajstić information content (AvgIpc) is 2.39. The van der Waals surface area contributed by atoms with Crippen LogP contribution in [0.1, 0.15) is 58.3 Å². The predicted molar refractivity (Wildman–Crippen MR) is 84.6 cm³/mol. The molecule has 0 heterocycles. The van der Waals surface area contributed by atoms with Gasteiger partial charge in [-0.1, -0.05) is 48.4 Å².